The van der Waals surface area contributed by atoms with Crippen LogP contribution in [0, 0.1) is 16.7 Å². The summed E-state index contributed by atoms with van der Waals surface area (Å²) in [7, 11) is 0. The third-order valence-corrected chi connectivity index (χ3v) is 6.79. The van der Waals surface area contributed by atoms with Crippen LogP contribution in [0.5, 0.6) is 0 Å². The zero-order valence-corrected chi connectivity index (χ0v) is 18.3. The van der Waals surface area contributed by atoms with E-state index in [1.165, 1.54) is 0 Å². The second-order valence-corrected chi connectivity index (χ2v) is 9.56. The van der Waals surface area contributed by atoms with Crippen LogP contribution in [0.25, 0.3) is 0 Å². The van der Waals surface area contributed by atoms with Gasteiger partial charge in [0.05, 0.1) is 31.1 Å². The molecule has 166 valence electrons. The van der Waals surface area contributed by atoms with Gasteiger partial charge < -0.3 is 15.2 Å². The number of morpholine rings is 1. The summed E-state index contributed by atoms with van der Waals surface area (Å²) < 4.78 is 11.3. The molecule has 32 heavy (non-hydrogen) atoms. The summed E-state index contributed by atoms with van der Waals surface area (Å²) in [5, 5.41) is 10.1. The van der Waals surface area contributed by atoms with Crippen molar-refractivity contribution >= 4 is 17.4 Å². The number of anilines is 1. The van der Waals surface area contributed by atoms with Gasteiger partial charge in [-0.25, -0.2) is 0 Å². The van der Waals surface area contributed by atoms with Gasteiger partial charge in [-0.15, -0.1) is 0 Å². The molecule has 4 aliphatic rings. The zero-order valence-electron chi connectivity index (χ0n) is 18.3. The number of nitrogens with two attached hydrogens (primary N) is 1. The SMILES string of the molecule is CC1(C)CC(=O)C2=C(C1)OC(N)=C(C#N)C21C(=O)N(CN2CCOCC2)c2ccccc21. The molecule has 0 saturated carbocycles. The summed E-state index contributed by atoms with van der Waals surface area (Å²) in [6.45, 7) is 6.92. The van der Waals surface area contributed by atoms with E-state index in [0.717, 1.165) is 0 Å². The van der Waals surface area contributed by atoms with Gasteiger partial charge in [-0.2, -0.15) is 5.26 Å². The highest BCUT2D eigenvalue weighted by Gasteiger charge is 2.63. The van der Waals surface area contributed by atoms with Crippen molar-refractivity contribution in [3.8, 4) is 6.07 Å². The summed E-state index contributed by atoms with van der Waals surface area (Å²) >= 11 is 0. The van der Waals surface area contributed by atoms with Crippen LogP contribution in [-0.2, 0) is 24.5 Å². The highest BCUT2D eigenvalue weighted by molar-refractivity contribution is 6.20. The van der Waals surface area contributed by atoms with Crippen molar-refractivity contribution in [3.63, 3.8) is 0 Å². The zero-order chi connectivity index (χ0) is 22.7. The first-order valence-corrected chi connectivity index (χ1v) is 10.9. The van der Waals surface area contributed by atoms with Gasteiger partial charge in [-0.1, -0.05) is 32.0 Å². The lowest BCUT2D eigenvalue weighted by atomic mass is 9.62. The van der Waals surface area contributed by atoms with Crippen molar-refractivity contribution < 1.29 is 19.1 Å². The van der Waals surface area contributed by atoms with Crippen LogP contribution in [0.2, 0.25) is 0 Å². The second kappa shape index (κ2) is 7.19. The molecule has 1 aromatic rings. The first-order chi connectivity index (χ1) is 15.3. The molecule has 2 N–H and O–H groups in total. The van der Waals surface area contributed by atoms with Gasteiger partial charge in [0.1, 0.15) is 22.8 Å². The van der Waals surface area contributed by atoms with E-state index in [1.54, 1.807) is 4.90 Å². The molecule has 5 rings (SSSR count). The van der Waals surface area contributed by atoms with E-state index in [4.69, 9.17) is 15.2 Å². The van der Waals surface area contributed by atoms with Gasteiger partial charge in [0.15, 0.2) is 5.78 Å². The Kier molecular flexibility index (Phi) is 4.66. The van der Waals surface area contributed by atoms with Crippen LogP contribution in [-0.4, -0.2) is 49.6 Å². The number of carbonyl (C=O) groups excluding carboxylic acids is 2. The Bertz CT molecular complexity index is 1120. The molecule has 1 amide bonds. The largest absolute Gasteiger partial charge is 0.444 e. The minimum absolute atomic E-state index is 0.00812. The lowest BCUT2D eigenvalue weighted by Crippen LogP contribution is -2.52. The third kappa shape index (κ3) is 2.81. The van der Waals surface area contributed by atoms with Crippen molar-refractivity contribution in [2.24, 2.45) is 11.1 Å². The number of allylic oxidation sites excluding steroid dienone is 1. The molecule has 1 atom stereocenters. The van der Waals surface area contributed by atoms with Crippen LogP contribution in [0.3, 0.4) is 0 Å². The Balaban J connectivity index is 1.72. The molecule has 1 fully saturated rings. The van der Waals surface area contributed by atoms with E-state index in [9.17, 15) is 14.9 Å². The third-order valence-electron chi connectivity index (χ3n) is 6.79. The lowest BCUT2D eigenvalue weighted by Gasteiger charge is -2.41. The number of nitrogens with zero attached hydrogens (tertiary/aromatic N) is 3. The first kappa shape index (κ1) is 20.7. The fourth-order valence-corrected chi connectivity index (χ4v) is 5.42. The van der Waals surface area contributed by atoms with Gasteiger partial charge in [-0.3, -0.25) is 19.4 Å². The smallest absolute Gasteiger partial charge is 0.249 e. The fraction of sp³-hybridized carbons (Fsp3) is 0.458. The highest BCUT2D eigenvalue weighted by Crippen LogP contribution is 2.57. The minimum atomic E-state index is -1.57. The molecule has 3 aliphatic heterocycles. The Labute approximate surface area is 186 Å². The number of carbonyl (C=O) groups is 2. The standard InChI is InChI=1S/C24H26N4O4/c1-23(2)11-18(29)20-19(12-23)32-21(26)16(13-25)24(20)15-5-3-4-6-17(15)28(22(24)30)14-27-7-9-31-10-8-27/h3-6H,7-12,14,26H2,1-2H3. The molecule has 1 aromatic carbocycles. The van der Waals surface area contributed by atoms with E-state index >= 15 is 0 Å². The number of rotatable bonds is 2. The van der Waals surface area contributed by atoms with Gasteiger partial charge >= 0.3 is 0 Å². The number of Topliss-reactive ketones (excluding diaryl/α,β-unsaturated/α-hetero) is 1. The van der Waals surface area contributed by atoms with E-state index in [2.05, 4.69) is 11.0 Å². The average molecular weight is 434 g/mol. The average Bonchev–Trinajstić information content (AvgIpc) is 2.97. The van der Waals surface area contributed by atoms with E-state index in [0.29, 0.717) is 56.4 Å². The molecule has 1 spiro atoms. The molecule has 0 aromatic heterocycles. The van der Waals surface area contributed by atoms with Crippen LogP contribution >= 0.6 is 0 Å². The van der Waals surface area contributed by atoms with E-state index in [1.807, 2.05) is 38.1 Å². The normalized spacial score (nSPS) is 27.3. The second-order valence-electron chi connectivity index (χ2n) is 9.56. The van der Waals surface area contributed by atoms with Gasteiger partial charge in [-0.05, 0) is 11.5 Å². The minimum Gasteiger partial charge on any atom is -0.444 e. The quantitative estimate of drug-likeness (QED) is 0.757. The molecule has 1 unspecified atom stereocenters. The Morgan fingerprint density at radius 3 is 2.59 bits per heavy atom. The summed E-state index contributed by atoms with van der Waals surface area (Å²) in [4.78, 5) is 31.6. The number of fused-ring (bicyclic) bond motifs is 3. The topological polar surface area (TPSA) is 109 Å². The van der Waals surface area contributed by atoms with E-state index < -0.39 is 5.41 Å². The number of ketones is 1. The van der Waals surface area contributed by atoms with Crippen molar-refractivity contribution in [1.82, 2.24) is 4.90 Å². The molecule has 0 radical (unpaired) electrons. The first-order valence-electron chi connectivity index (χ1n) is 10.9. The molecule has 0 bridgehead atoms. The van der Waals surface area contributed by atoms with Crippen molar-refractivity contribution in [2.45, 2.75) is 32.1 Å². The van der Waals surface area contributed by atoms with Gasteiger partial charge in [0.25, 0.3) is 0 Å². The van der Waals surface area contributed by atoms with Crippen LogP contribution in [0.4, 0.5) is 5.69 Å². The Morgan fingerprint density at radius 1 is 1.16 bits per heavy atom. The summed E-state index contributed by atoms with van der Waals surface area (Å²) in [6, 6.07) is 9.48. The maximum Gasteiger partial charge on any atom is 0.249 e. The number of ether oxygens (including phenoxy) is 2. The molecule has 1 saturated heterocycles. The highest BCUT2D eigenvalue weighted by atomic mass is 16.5. The molecule has 3 heterocycles. The van der Waals surface area contributed by atoms with Crippen molar-refractivity contribution in [1.29, 1.82) is 5.26 Å². The molecule has 8 heteroatoms. The summed E-state index contributed by atoms with van der Waals surface area (Å²) in [5.74, 6) is -0.200. The lowest BCUT2D eigenvalue weighted by molar-refractivity contribution is -0.126. The molecule has 1 aliphatic carbocycles. The fourth-order valence-electron chi connectivity index (χ4n) is 5.42. The Hall–Kier alpha value is -3.15. The maximum atomic E-state index is 14.3. The number of para-hydroxylation sites is 1. The van der Waals surface area contributed by atoms with Gasteiger partial charge in [0, 0.05) is 31.5 Å². The van der Waals surface area contributed by atoms with Crippen LogP contribution < -0.4 is 10.6 Å². The monoisotopic (exact) mass is 434 g/mol. The predicted molar refractivity (Wildman–Crippen MR) is 116 cm³/mol. The van der Waals surface area contributed by atoms with Gasteiger partial charge in [0.2, 0.25) is 11.8 Å². The molecule has 8 nitrogen and oxygen atoms in total. The number of benzene rings is 1. The van der Waals surface area contributed by atoms with Crippen LogP contribution in [0.1, 0.15) is 32.3 Å². The predicted octanol–water partition coefficient (Wildman–Crippen LogP) is 1.93. The van der Waals surface area contributed by atoms with E-state index in [-0.39, 0.29) is 40.6 Å². The summed E-state index contributed by atoms with van der Waals surface area (Å²) in [5.41, 5.74) is 5.90. The Morgan fingerprint density at radius 2 is 1.88 bits per heavy atom. The van der Waals surface area contributed by atoms with Crippen molar-refractivity contribution in [3.05, 3.63) is 52.6 Å². The maximum absolute atomic E-state index is 14.3. The van der Waals surface area contributed by atoms with Crippen LogP contribution in [0.15, 0.2) is 47.1 Å². The number of hydrogen-bond acceptors (Lipinski definition) is 7. The number of amides is 1. The summed E-state index contributed by atoms with van der Waals surface area (Å²) in [6.07, 6.45) is 0.739. The molecular formula is C24H26N4O4. The van der Waals surface area contributed by atoms with Crippen molar-refractivity contribution in [2.75, 3.05) is 37.9 Å². The molecular weight excluding hydrogens is 408 g/mol. The number of hydrogen-bond donors (Lipinski definition) is 1. The number of nitriles is 1.